The molecule has 3 saturated heterocycles. The minimum atomic E-state index is -0.212. The number of amides is 2. The number of nitrogens with one attached hydrogen (secondary N) is 2. The second kappa shape index (κ2) is 10.2. The third-order valence-electron chi connectivity index (χ3n) is 7.88. The minimum Gasteiger partial charge on any atom is -0.371 e. The van der Waals surface area contributed by atoms with Crippen molar-refractivity contribution in [2.45, 2.75) is 81.8 Å². The highest BCUT2D eigenvalue weighted by Crippen LogP contribution is 2.36. The number of fused-ring (bicyclic) bond motifs is 1. The fourth-order valence-electron chi connectivity index (χ4n) is 6.07. The summed E-state index contributed by atoms with van der Waals surface area (Å²) in [5, 5.41) is 18.9. The van der Waals surface area contributed by atoms with Crippen molar-refractivity contribution in [1.82, 2.24) is 35.7 Å². The molecule has 4 aliphatic rings. The number of rotatable bonds is 6. The molecule has 10 nitrogen and oxygen atoms in total. The summed E-state index contributed by atoms with van der Waals surface area (Å²) in [4.78, 5) is 15.1. The highest BCUT2D eigenvalue weighted by atomic mass is 16.6. The maximum atomic E-state index is 12.6. The first kappa shape index (κ1) is 22.9. The molecule has 188 valence electrons. The first-order valence-corrected chi connectivity index (χ1v) is 13.1. The SMILES string of the molecule is O=C(NC1CCCCC1)N[C@H]1CO[C@H]2[C@@H]1OC[C@@H]2n1nnnc1-c1cccc(CN2CCCC2)c1. The largest absolute Gasteiger partial charge is 0.371 e. The molecule has 35 heavy (non-hydrogen) atoms. The Morgan fingerprint density at radius 3 is 2.69 bits per heavy atom. The van der Waals surface area contributed by atoms with Crippen LogP contribution < -0.4 is 10.6 Å². The average molecular weight is 482 g/mol. The molecule has 6 rings (SSSR count). The van der Waals surface area contributed by atoms with Crippen LogP contribution in [-0.2, 0) is 16.0 Å². The lowest BCUT2D eigenvalue weighted by molar-refractivity contribution is 0.0624. The van der Waals surface area contributed by atoms with Crippen molar-refractivity contribution < 1.29 is 14.3 Å². The van der Waals surface area contributed by atoms with E-state index in [4.69, 9.17) is 9.47 Å². The number of tetrazole rings is 1. The lowest BCUT2D eigenvalue weighted by atomic mass is 9.96. The van der Waals surface area contributed by atoms with Crippen LogP contribution in [0, 0.1) is 0 Å². The summed E-state index contributed by atoms with van der Waals surface area (Å²) in [5.41, 5.74) is 2.26. The Bertz CT molecular complexity index is 1020. The zero-order chi connectivity index (χ0) is 23.6. The second-order valence-corrected chi connectivity index (χ2v) is 10.4. The Morgan fingerprint density at radius 1 is 1.00 bits per heavy atom. The maximum Gasteiger partial charge on any atom is 0.315 e. The van der Waals surface area contributed by atoms with Gasteiger partial charge in [-0.1, -0.05) is 37.5 Å². The van der Waals surface area contributed by atoms with Gasteiger partial charge in [0, 0.05) is 18.2 Å². The van der Waals surface area contributed by atoms with E-state index in [0.717, 1.165) is 43.9 Å². The number of hydrogen-bond acceptors (Lipinski definition) is 7. The topological polar surface area (TPSA) is 106 Å². The molecule has 2 amide bonds. The molecular weight excluding hydrogens is 446 g/mol. The Kier molecular flexibility index (Phi) is 6.67. The zero-order valence-corrected chi connectivity index (χ0v) is 20.1. The van der Waals surface area contributed by atoms with Crippen LogP contribution in [-0.4, -0.2) is 81.7 Å². The van der Waals surface area contributed by atoms with E-state index in [-0.39, 0.29) is 36.4 Å². The van der Waals surface area contributed by atoms with Crippen LogP contribution in [0.3, 0.4) is 0 Å². The van der Waals surface area contributed by atoms with Gasteiger partial charge in [-0.15, -0.1) is 5.10 Å². The molecule has 10 heteroatoms. The smallest absolute Gasteiger partial charge is 0.315 e. The molecule has 1 aromatic heterocycles. The van der Waals surface area contributed by atoms with Crippen molar-refractivity contribution in [3.05, 3.63) is 29.8 Å². The lowest BCUT2D eigenvalue weighted by Gasteiger charge is -2.24. The molecule has 0 radical (unpaired) electrons. The third kappa shape index (κ3) is 4.92. The highest BCUT2D eigenvalue weighted by Gasteiger charge is 2.50. The van der Waals surface area contributed by atoms with Gasteiger partial charge in [0.05, 0.1) is 19.3 Å². The molecule has 2 aromatic rings. The van der Waals surface area contributed by atoms with Gasteiger partial charge in [-0.2, -0.15) is 0 Å². The quantitative estimate of drug-likeness (QED) is 0.652. The molecule has 1 saturated carbocycles. The number of nitrogens with zero attached hydrogens (tertiary/aromatic N) is 5. The summed E-state index contributed by atoms with van der Waals surface area (Å²) >= 11 is 0. The van der Waals surface area contributed by atoms with Gasteiger partial charge in [-0.25, -0.2) is 9.48 Å². The fraction of sp³-hybridized carbons (Fsp3) is 0.680. The van der Waals surface area contributed by atoms with Gasteiger partial charge in [0.15, 0.2) is 5.82 Å². The summed E-state index contributed by atoms with van der Waals surface area (Å²) in [7, 11) is 0. The van der Waals surface area contributed by atoms with Crippen molar-refractivity contribution in [3.63, 3.8) is 0 Å². The number of ether oxygens (including phenoxy) is 2. The van der Waals surface area contributed by atoms with Crippen molar-refractivity contribution in [3.8, 4) is 11.4 Å². The second-order valence-electron chi connectivity index (χ2n) is 10.4. The monoisotopic (exact) mass is 481 g/mol. The zero-order valence-electron chi connectivity index (χ0n) is 20.1. The van der Waals surface area contributed by atoms with Crippen LogP contribution in [0.4, 0.5) is 4.79 Å². The predicted molar refractivity (Wildman–Crippen MR) is 129 cm³/mol. The van der Waals surface area contributed by atoms with E-state index < -0.39 is 0 Å². The molecule has 3 aliphatic heterocycles. The number of aromatic nitrogens is 4. The summed E-state index contributed by atoms with van der Waals surface area (Å²) in [5.74, 6) is 0.720. The molecule has 0 unspecified atom stereocenters. The Labute approximate surface area is 205 Å². The molecule has 1 aliphatic carbocycles. The maximum absolute atomic E-state index is 12.6. The number of likely N-dealkylation sites (tertiary alicyclic amines) is 1. The number of carbonyl (C=O) groups is 1. The van der Waals surface area contributed by atoms with Gasteiger partial charge >= 0.3 is 6.03 Å². The number of carbonyl (C=O) groups excluding carboxylic acids is 1. The number of benzene rings is 1. The first-order chi connectivity index (χ1) is 17.2. The van der Waals surface area contributed by atoms with E-state index in [1.54, 1.807) is 0 Å². The van der Waals surface area contributed by atoms with Gasteiger partial charge in [-0.05, 0) is 60.8 Å². The van der Waals surface area contributed by atoms with Crippen molar-refractivity contribution in [2.75, 3.05) is 26.3 Å². The molecular formula is C25H35N7O3. The van der Waals surface area contributed by atoms with Gasteiger partial charge in [0.1, 0.15) is 18.2 Å². The van der Waals surface area contributed by atoms with E-state index in [1.807, 2.05) is 4.68 Å². The van der Waals surface area contributed by atoms with E-state index in [9.17, 15) is 4.79 Å². The summed E-state index contributed by atoms with van der Waals surface area (Å²) in [6.07, 6.45) is 7.88. The minimum absolute atomic E-state index is 0.129. The number of hydrogen-bond donors (Lipinski definition) is 2. The summed E-state index contributed by atoms with van der Waals surface area (Å²) in [6, 6.07) is 8.30. The molecule has 4 atom stereocenters. The van der Waals surface area contributed by atoms with Crippen LogP contribution in [0.25, 0.3) is 11.4 Å². The van der Waals surface area contributed by atoms with Gasteiger partial charge < -0.3 is 20.1 Å². The fourth-order valence-corrected chi connectivity index (χ4v) is 6.07. The predicted octanol–water partition coefficient (Wildman–Crippen LogP) is 2.28. The van der Waals surface area contributed by atoms with Crippen LogP contribution in [0.2, 0.25) is 0 Å². The third-order valence-corrected chi connectivity index (χ3v) is 7.88. The Hall–Kier alpha value is -2.56. The van der Waals surface area contributed by atoms with Gasteiger partial charge in [0.25, 0.3) is 0 Å². The Balaban J connectivity index is 1.11. The highest BCUT2D eigenvalue weighted by molar-refractivity contribution is 5.74. The van der Waals surface area contributed by atoms with Crippen molar-refractivity contribution >= 4 is 6.03 Å². The number of urea groups is 1. The molecule has 0 bridgehead atoms. The Morgan fingerprint density at radius 2 is 1.83 bits per heavy atom. The molecule has 2 N–H and O–H groups in total. The molecule has 4 heterocycles. The van der Waals surface area contributed by atoms with Crippen molar-refractivity contribution in [2.24, 2.45) is 0 Å². The van der Waals surface area contributed by atoms with Crippen molar-refractivity contribution in [1.29, 1.82) is 0 Å². The van der Waals surface area contributed by atoms with E-state index in [1.165, 1.54) is 37.7 Å². The van der Waals surface area contributed by atoms with Crippen LogP contribution in [0.1, 0.15) is 56.6 Å². The van der Waals surface area contributed by atoms with E-state index in [0.29, 0.717) is 13.2 Å². The summed E-state index contributed by atoms with van der Waals surface area (Å²) < 4.78 is 14.1. The van der Waals surface area contributed by atoms with Gasteiger partial charge in [-0.3, -0.25) is 4.90 Å². The molecule has 4 fully saturated rings. The average Bonchev–Trinajstić information content (AvgIpc) is 3.66. The molecule has 1 aromatic carbocycles. The van der Waals surface area contributed by atoms with Crippen LogP contribution in [0.15, 0.2) is 24.3 Å². The van der Waals surface area contributed by atoms with Crippen LogP contribution in [0.5, 0.6) is 0 Å². The lowest BCUT2D eigenvalue weighted by Crippen LogP contribution is -2.50. The van der Waals surface area contributed by atoms with E-state index in [2.05, 4.69) is 55.3 Å². The molecule has 0 spiro atoms. The summed E-state index contributed by atoms with van der Waals surface area (Å²) in [6.45, 7) is 4.15. The standard InChI is InChI=1S/C25H35N7O3/c33-25(26-19-9-2-1-3-10-19)27-20-15-34-23-21(16-35-22(20)23)32-24(28-29-30-32)18-8-6-7-17(13-18)14-31-11-4-5-12-31/h6-8,13,19-23H,1-5,9-12,14-16H2,(H2,26,27,33)/t20-,21-,22+,23+/m0/s1. The van der Waals surface area contributed by atoms with Crippen LogP contribution >= 0.6 is 0 Å². The first-order valence-electron chi connectivity index (χ1n) is 13.1. The normalized spacial score (nSPS) is 29.4. The van der Waals surface area contributed by atoms with E-state index >= 15 is 0 Å². The van der Waals surface area contributed by atoms with Gasteiger partial charge in [0.2, 0.25) is 0 Å².